The van der Waals surface area contributed by atoms with Gasteiger partial charge in [0.25, 0.3) is 0 Å². The number of hydrogen-bond donors (Lipinski definition) is 1. The van der Waals surface area contributed by atoms with Crippen LogP contribution in [0.1, 0.15) is 22.4 Å². The minimum Gasteiger partial charge on any atom is -0.487 e. The highest BCUT2D eigenvalue weighted by Gasteiger charge is 2.05. The Hall–Kier alpha value is -2.10. The van der Waals surface area contributed by atoms with Gasteiger partial charge in [-0.05, 0) is 43.5 Å². The maximum atomic E-state index is 5.78. The van der Waals surface area contributed by atoms with Crippen molar-refractivity contribution in [2.24, 2.45) is 0 Å². The molecule has 0 atom stereocenters. The van der Waals surface area contributed by atoms with Gasteiger partial charge in [-0.1, -0.05) is 6.07 Å². The summed E-state index contributed by atoms with van der Waals surface area (Å²) in [5.74, 6) is 1.31. The molecule has 4 nitrogen and oxygen atoms in total. The Balaban J connectivity index is 2.13. The summed E-state index contributed by atoms with van der Waals surface area (Å²) in [6, 6.07) is 4.18. The van der Waals surface area contributed by atoms with Crippen LogP contribution in [-0.4, -0.2) is 9.97 Å². The Morgan fingerprint density at radius 1 is 1.11 bits per heavy atom. The minimum atomic E-state index is 0.400. The van der Waals surface area contributed by atoms with Crippen molar-refractivity contribution in [1.82, 2.24) is 9.97 Å². The van der Waals surface area contributed by atoms with Crippen LogP contribution in [0.4, 0.5) is 5.82 Å². The summed E-state index contributed by atoms with van der Waals surface area (Å²) in [7, 11) is 0. The van der Waals surface area contributed by atoms with Crippen molar-refractivity contribution >= 4 is 5.82 Å². The van der Waals surface area contributed by atoms with Gasteiger partial charge in [0.05, 0.1) is 18.1 Å². The maximum absolute atomic E-state index is 5.78. The molecule has 0 fully saturated rings. The Bertz CT molecular complexity index is 550. The minimum absolute atomic E-state index is 0.400. The second-order valence-corrected chi connectivity index (χ2v) is 4.43. The second-order valence-electron chi connectivity index (χ2n) is 4.43. The molecule has 1 aromatic carbocycles. The predicted molar refractivity (Wildman–Crippen MR) is 71.4 cm³/mol. The van der Waals surface area contributed by atoms with Crippen molar-refractivity contribution in [3.63, 3.8) is 0 Å². The second kappa shape index (κ2) is 5.04. The van der Waals surface area contributed by atoms with Crippen LogP contribution in [0.15, 0.2) is 24.5 Å². The SMILES string of the molecule is Cc1cc(C)c(C)c(OCc2cnc(N)cn2)c1. The van der Waals surface area contributed by atoms with E-state index in [9.17, 15) is 0 Å². The lowest BCUT2D eigenvalue weighted by molar-refractivity contribution is 0.298. The highest BCUT2D eigenvalue weighted by atomic mass is 16.5. The molecule has 0 spiro atoms. The van der Waals surface area contributed by atoms with Crippen molar-refractivity contribution in [2.75, 3.05) is 5.73 Å². The van der Waals surface area contributed by atoms with Crippen LogP contribution in [0.25, 0.3) is 0 Å². The van der Waals surface area contributed by atoms with Crippen molar-refractivity contribution in [3.05, 3.63) is 46.9 Å². The van der Waals surface area contributed by atoms with E-state index in [0.29, 0.717) is 12.4 Å². The number of nitrogens with two attached hydrogens (primary N) is 1. The van der Waals surface area contributed by atoms with Gasteiger partial charge in [0.2, 0.25) is 0 Å². The zero-order valence-corrected chi connectivity index (χ0v) is 10.9. The number of anilines is 1. The predicted octanol–water partition coefficient (Wildman–Crippen LogP) is 2.56. The summed E-state index contributed by atoms with van der Waals surface area (Å²) in [6.07, 6.45) is 3.17. The Labute approximate surface area is 107 Å². The van der Waals surface area contributed by atoms with Gasteiger partial charge >= 0.3 is 0 Å². The van der Waals surface area contributed by atoms with Gasteiger partial charge in [-0.25, -0.2) is 4.98 Å². The molecule has 0 bridgehead atoms. The highest BCUT2D eigenvalue weighted by molar-refractivity contribution is 5.42. The van der Waals surface area contributed by atoms with Gasteiger partial charge < -0.3 is 10.5 Å². The quantitative estimate of drug-likeness (QED) is 0.900. The molecule has 18 heavy (non-hydrogen) atoms. The summed E-state index contributed by atoms with van der Waals surface area (Å²) in [5.41, 5.74) is 9.83. The van der Waals surface area contributed by atoms with Crippen LogP contribution in [0.2, 0.25) is 0 Å². The van der Waals surface area contributed by atoms with Crippen molar-refractivity contribution in [2.45, 2.75) is 27.4 Å². The number of rotatable bonds is 3. The first kappa shape index (κ1) is 12.4. The number of benzene rings is 1. The topological polar surface area (TPSA) is 61.0 Å². The Morgan fingerprint density at radius 3 is 2.56 bits per heavy atom. The first-order valence-electron chi connectivity index (χ1n) is 5.83. The molecule has 94 valence electrons. The zero-order chi connectivity index (χ0) is 13.1. The molecule has 0 saturated carbocycles. The van der Waals surface area contributed by atoms with Crippen LogP contribution in [0.5, 0.6) is 5.75 Å². The van der Waals surface area contributed by atoms with Gasteiger partial charge in [-0.15, -0.1) is 0 Å². The normalized spacial score (nSPS) is 10.4. The summed E-state index contributed by atoms with van der Waals surface area (Å²) in [4.78, 5) is 8.14. The lowest BCUT2D eigenvalue weighted by Gasteiger charge is -2.12. The largest absolute Gasteiger partial charge is 0.487 e. The molecule has 4 heteroatoms. The average molecular weight is 243 g/mol. The van der Waals surface area contributed by atoms with E-state index in [-0.39, 0.29) is 0 Å². The first-order valence-corrected chi connectivity index (χ1v) is 5.83. The molecule has 0 aliphatic carbocycles. The van der Waals surface area contributed by atoms with Gasteiger partial charge in [-0.2, -0.15) is 0 Å². The Kier molecular flexibility index (Phi) is 3.46. The monoisotopic (exact) mass is 243 g/mol. The van der Waals surface area contributed by atoms with Crippen LogP contribution < -0.4 is 10.5 Å². The maximum Gasteiger partial charge on any atom is 0.141 e. The molecular formula is C14H17N3O. The molecule has 1 heterocycles. The Morgan fingerprint density at radius 2 is 1.89 bits per heavy atom. The van der Waals surface area contributed by atoms with Crippen molar-refractivity contribution in [1.29, 1.82) is 0 Å². The summed E-state index contributed by atoms with van der Waals surface area (Å²) in [5, 5.41) is 0. The molecular weight excluding hydrogens is 226 g/mol. The number of nitrogen functional groups attached to an aromatic ring is 1. The van der Waals surface area contributed by atoms with E-state index in [1.807, 2.05) is 6.07 Å². The first-order chi connectivity index (χ1) is 8.56. The average Bonchev–Trinajstić information content (AvgIpc) is 2.34. The van der Waals surface area contributed by atoms with Crippen molar-refractivity contribution < 1.29 is 4.74 Å². The third kappa shape index (κ3) is 2.77. The standard InChI is InChI=1S/C14H17N3O/c1-9-4-10(2)11(3)13(5-9)18-8-12-6-17-14(15)7-16-12/h4-7H,8H2,1-3H3,(H2,15,17). The third-order valence-corrected chi connectivity index (χ3v) is 2.86. The zero-order valence-electron chi connectivity index (χ0n) is 10.9. The van der Waals surface area contributed by atoms with Gasteiger partial charge in [-0.3, -0.25) is 4.98 Å². The molecule has 0 radical (unpaired) electrons. The smallest absolute Gasteiger partial charge is 0.141 e. The summed E-state index contributed by atoms with van der Waals surface area (Å²) in [6.45, 7) is 6.59. The lowest BCUT2D eigenvalue weighted by atomic mass is 10.1. The number of nitrogens with zero attached hydrogens (tertiary/aromatic N) is 2. The summed E-state index contributed by atoms with van der Waals surface area (Å²) >= 11 is 0. The van der Waals surface area contributed by atoms with Crippen LogP contribution >= 0.6 is 0 Å². The van der Waals surface area contributed by atoms with E-state index in [0.717, 1.165) is 17.0 Å². The fraction of sp³-hybridized carbons (Fsp3) is 0.286. The molecule has 0 amide bonds. The number of hydrogen-bond acceptors (Lipinski definition) is 4. The van der Waals surface area contributed by atoms with Crippen LogP contribution in [0, 0.1) is 20.8 Å². The van der Waals surface area contributed by atoms with E-state index in [1.54, 1.807) is 6.20 Å². The number of aromatic nitrogens is 2. The van der Waals surface area contributed by atoms with E-state index < -0.39 is 0 Å². The van der Waals surface area contributed by atoms with Gasteiger partial charge in [0.15, 0.2) is 0 Å². The number of aryl methyl sites for hydroxylation is 2. The van der Waals surface area contributed by atoms with Gasteiger partial charge in [0.1, 0.15) is 18.2 Å². The van der Waals surface area contributed by atoms with E-state index in [1.165, 1.54) is 17.3 Å². The molecule has 1 aromatic heterocycles. The fourth-order valence-corrected chi connectivity index (χ4v) is 1.74. The van der Waals surface area contributed by atoms with E-state index in [2.05, 4.69) is 36.8 Å². The molecule has 0 unspecified atom stereocenters. The van der Waals surface area contributed by atoms with Crippen LogP contribution in [-0.2, 0) is 6.61 Å². The lowest BCUT2D eigenvalue weighted by Crippen LogP contribution is -2.02. The molecule has 2 rings (SSSR count). The van der Waals surface area contributed by atoms with E-state index >= 15 is 0 Å². The molecule has 2 aromatic rings. The van der Waals surface area contributed by atoms with Crippen molar-refractivity contribution in [3.8, 4) is 5.75 Å². The fourth-order valence-electron chi connectivity index (χ4n) is 1.74. The third-order valence-electron chi connectivity index (χ3n) is 2.86. The highest BCUT2D eigenvalue weighted by Crippen LogP contribution is 2.23. The molecule has 0 aliphatic heterocycles. The van der Waals surface area contributed by atoms with Crippen LogP contribution in [0.3, 0.4) is 0 Å². The molecule has 0 aliphatic rings. The molecule has 2 N–H and O–H groups in total. The summed E-state index contributed by atoms with van der Waals surface area (Å²) < 4.78 is 5.78. The van der Waals surface area contributed by atoms with E-state index in [4.69, 9.17) is 10.5 Å². The molecule has 0 saturated heterocycles. The van der Waals surface area contributed by atoms with Gasteiger partial charge in [0, 0.05) is 0 Å². The number of ether oxygens (including phenoxy) is 1.